The van der Waals surface area contributed by atoms with E-state index in [2.05, 4.69) is 0 Å². The number of benzene rings is 3. The number of anilines is 1. The third kappa shape index (κ3) is 5.40. The Labute approximate surface area is 215 Å². The molecule has 1 saturated heterocycles. The van der Waals surface area contributed by atoms with E-state index in [1.165, 1.54) is 11.0 Å². The van der Waals surface area contributed by atoms with Gasteiger partial charge in [-0.05, 0) is 68.3 Å². The van der Waals surface area contributed by atoms with E-state index in [0.717, 1.165) is 0 Å². The summed E-state index contributed by atoms with van der Waals surface area (Å²) in [7, 11) is 0. The van der Waals surface area contributed by atoms with E-state index in [1.807, 2.05) is 26.8 Å². The zero-order valence-corrected chi connectivity index (χ0v) is 21.0. The number of aliphatic hydroxyl groups is 1. The Morgan fingerprint density at radius 2 is 1.65 bits per heavy atom. The van der Waals surface area contributed by atoms with Crippen LogP contribution in [0.2, 0.25) is 0 Å². The number of esters is 1. The average molecular weight is 500 g/mol. The van der Waals surface area contributed by atoms with Gasteiger partial charge in [0.1, 0.15) is 11.5 Å². The maximum absolute atomic E-state index is 13.4. The monoisotopic (exact) mass is 499 g/mol. The number of carbonyl (C=O) groups is 3. The minimum absolute atomic E-state index is 0.0159. The van der Waals surface area contributed by atoms with Gasteiger partial charge in [0.2, 0.25) is 0 Å². The molecule has 1 aliphatic rings. The third-order valence-electron chi connectivity index (χ3n) is 5.86. The first-order valence-electron chi connectivity index (χ1n) is 12.2. The summed E-state index contributed by atoms with van der Waals surface area (Å²) in [6.07, 6.45) is 0.663. The lowest BCUT2D eigenvalue weighted by atomic mass is 9.95. The van der Waals surface area contributed by atoms with Crippen LogP contribution < -0.4 is 9.64 Å². The van der Waals surface area contributed by atoms with Crippen LogP contribution in [0.1, 0.15) is 54.7 Å². The summed E-state index contributed by atoms with van der Waals surface area (Å²) < 4.78 is 10.9. The van der Waals surface area contributed by atoms with Crippen molar-refractivity contribution in [1.29, 1.82) is 0 Å². The number of hydrogen-bond acceptors (Lipinski definition) is 6. The Bertz CT molecular complexity index is 1330. The van der Waals surface area contributed by atoms with E-state index in [9.17, 15) is 19.5 Å². The number of hydrogen-bond donors (Lipinski definition) is 1. The number of nitrogens with zero attached hydrogens (tertiary/aromatic N) is 1. The second-order valence-corrected chi connectivity index (χ2v) is 8.96. The fourth-order valence-electron chi connectivity index (χ4n) is 4.23. The van der Waals surface area contributed by atoms with Crippen molar-refractivity contribution in [2.45, 2.75) is 39.3 Å². The quantitative estimate of drug-likeness (QED) is 0.186. The Hall–Kier alpha value is -4.39. The predicted molar refractivity (Wildman–Crippen MR) is 140 cm³/mol. The van der Waals surface area contributed by atoms with Crippen LogP contribution in [0.5, 0.6) is 5.75 Å². The summed E-state index contributed by atoms with van der Waals surface area (Å²) in [6.45, 7) is 5.99. The van der Waals surface area contributed by atoms with Crippen molar-refractivity contribution in [1.82, 2.24) is 0 Å². The van der Waals surface area contributed by atoms with Crippen LogP contribution in [0.15, 0.2) is 84.4 Å². The van der Waals surface area contributed by atoms with Crippen molar-refractivity contribution in [2.75, 3.05) is 11.5 Å². The van der Waals surface area contributed by atoms with Crippen LogP contribution in [0, 0.1) is 0 Å². The summed E-state index contributed by atoms with van der Waals surface area (Å²) in [6, 6.07) is 21.2. The highest BCUT2D eigenvalue weighted by Crippen LogP contribution is 2.42. The molecule has 4 rings (SSSR count). The Balaban J connectivity index is 1.81. The summed E-state index contributed by atoms with van der Waals surface area (Å²) in [5, 5.41) is 11.3. The second kappa shape index (κ2) is 11.1. The maximum atomic E-state index is 13.4. The molecule has 0 saturated carbocycles. The van der Waals surface area contributed by atoms with Gasteiger partial charge in [-0.2, -0.15) is 0 Å². The molecule has 1 unspecified atom stereocenters. The van der Waals surface area contributed by atoms with Crippen molar-refractivity contribution < 1.29 is 29.0 Å². The normalized spacial score (nSPS) is 16.8. The Kier molecular flexibility index (Phi) is 7.72. The highest BCUT2D eigenvalue weighted by molar-refractivity contribution is 6.51. The van der Waals surface area contributed by atoms with Gasteiger partial charge < -0.3 is 14.6 Å². The number of carbonyl (C=O) groups excluding carboxylic acids is 3. The predicted octanol–water partition coefficient (Wildman–Crippen LogP) is 5.67. The first-order chi connectivity index (χ1) is 17.8. The van der Waals surface area contributed by atoms with Gasteiger partial charge in [-0.15, -0.1) is 0 Å². The topological polar surface area (TPSA) is 93.1 Å². The number of aliphatic hydroxyl groups excluding tert-OH is 1. The molecule has 1 heterocycles. The minimum atomic E-state index is -0.894. The van der Waals surface area contributed by atoms with E-state index in [1.54, 1.807) is 66.7 Å². The largest absolute Gasteiger partial charge is 0.507 e. The van der Waals surface area contributed by atoms with Crippen LogP contribution in [0.3, 0.4) is 0 Å². The zero-order valence-electron chi connectivity index (χ0n) is 21.0. The minimum Gasteiger partial charge on any atom is -0.507 e. The van der Waals surface area contributed by atoms with Crippen molar-refractivity contribution in [2.24, 2.45) is 0 Å². The molecule has 1 aliphatic heterocycles. The molecule has 0 aromatic heterocycles. The van der Waals surface area contributed by atoms with E-state index in [4.69, 9.17) is 9.47 Å². The molecular weight excluding hydrogens is 470 g/mol. The molecule has 1 N–H and O–H groups in total. The van der Waals surface area contributed by atoms with Crippen LogP contribution >= 0.6 is 0 Å². The van der Waals surface area contributed by atoms with Gasteiger partial charge in [0.05, 0.1) is 29.9 Å². The molecular formula is C30H29NO6. The van der Waals surface area contributed by atoms with E-state index in [0.29, 0.717) is 29.0 Å². The second-order valence-electron chi connectivity index (χ2n) is 8.96. The van der Waals surface area contributed by atoms with Crippen LogP contribution in [0.25, 0.3) is 5.76 Å². The molecule has 0 radical (unpaired) electrons. The molecule has 1 amide bonds. The molecule has 190 valence electrons. The molecule has 0 aliphatic carbocycles. The first-order valence-corrected chi connectivity index (χ1v) is 12.2. The van der Waals surface area contributed by atoms with Crippen LogP contribution in [-0.2, 0) is 14.3 Å². The molecule has 1 fully saturated rings. The lowest BCUT2D eigenvalue weighted by Gasteiger charge is -2.25. The van der Waals surface area contributed by atoms with E-state index in [-0.39, 0.29) is 29.6 Å². The molecule has 7 heteroatoms. The van der Waals surface area contributed by atoms with E-state index < -0.39 is 23.7 Å². The van der Waals surface area contributed by atoms with Gasteiger partial charge in [0.15, 0.2) is 0 Å². The Morgan fingerprint density at radius 1 is 0.946 bits per heavy atom. The van der Waals surface area contributed by atoms with Crippen molar-refractivity contribution in [3.63, 3.8) is 0 Å². The Morgan fingerprint density at radius 3 is 2.30 bits per heavy atom. The smallest absolute Gasteiger partial charge is 0.338 e. The van der Waals surface area contributed by atoms with Crippen molar-refractivity contribution in [3.8, 4) is 5.75 Å². The average Bonchev–Trinajstić information content (AvgIpc) is 3.17. The van der Waals surface area contributed by atoms with Gasteiger partial charge in [0, 0.05) is 11.3 Å². The van der Waals surface area contributed by atoms with Crippen molar-refractivity contribution >= 4 is 29.1 Å². The molecule has 37 heavy (non-hydrogen) atoms. The van der Waals surface area contributed by atoms with Crippen molar-refractivity contribution in [3.05, 3.63) is 101 Å². The number of ether oxygens (including phenoxy) is 2. The molecule has 3 aromatic rings. The fraction of sp³-hybridized carbons (Fsp3) is 0.233. The van der Waals surface area contributed by atoms with Crippen LogP contribution in [0.4, 0.5) is 5.69 Å². The SMILES string of the molecule is CCCOC(=O)c1cccc(N2C(=O)C(=O)/C(=C(/O)c3ccc(OC(C)C)cc3)C2c2ccccc2)c1. The third-order valence-corrected chi connectivity index (χ3v) is 5.86. The number of ketones is 1. The number of amides is 1. The standard InChI is InChI=1S/C30H29NO6/c1-4-17-36-30(35)22-11-8-12-23(18-22)31-26(20-9-6-5-7-10-20)25(28(33)29(31)34)27(32)21-13-15-24(16-14-21)37-19(2)3/h5-16,18-19,26,32H,4,17H2,1-3H3/b27-25+. The number of rotatable bonds is 8. The summed E-state index contributed by atoms with van der Waals surface area (Å²) in [4.78, 5) is 40.5. The first kappa shape index (κ1) is 25.7. The molecule has 3 aromatic carbocycles. The van der Waals surface area contributed by atoms with Gasteiger partial charge in [0.25, 0.3) is 11.7 Å². The highest BCUT2D eigenvalue weighted by Gasteiger charge is 2.47. The van der Waals surface area contributed by atoms with Gasteiger partial charge in [-0.3, -0.25) is 14.5 Å². The lowest BCUT2D eigenvalue weighted by Crippen LogP contribution is -2.29. The highest BCUT2D eigenvalue weighted by atomic mass is 16.5. The molecule has 7 nitrogen and oxygen atoms in total. The number of Topliss-reactive ketones (excluding diaryl/α,β-unsaturated/α-hetero) is 1. The molecule has 0 spiro atoms. The summed E-state index contributed by atoms with van der Waals surface area (Å²) >= 11 is 0. The fourth-order valence-corrected chi connectivity index (χ4v) is 4.23. The summed E-state index contributed by atoms with van der Waals surface area (Å²) in [5.74, 6) is -1.79. The molecule has 0 bridgehead atoms. The van der Waals surface area contributed by atoms with E-state index >= 15 is 0 Å². The van der Waals surface area contributed by atoms with Gasteiger partial charge >= 0.3 is 5.97 Å². The molecule has 1 atom stereocenters. The van der Waals surface area contributed by atoms with Gasteiger partial charge in [-0.1, -0.05) is 43.3 Å². The maximum Gasteiger partial charge on any atom is 0.338 e. The lowest BCUT2D eigenvalue weighted by molar-refractivity contribution is -0.132. The summed E-state index contributed by atoms with van der Waals surface area (Å²) in [5.41, 5.74) is 1.60. The van der Waals surface area contributed by atoms with Crippen LogP contribution in [-0.4, -0.2) is 35.5 Å². The zero-order chi connectivity index (χ0) is 26.5. The van der Waals surface area contributed by atoms with Gasteiger partial charge in [-0.25, -0.2) is 4.79 Å².